The molecule has 0 spiro atoms. The van der Waals surface area contributed by atoms with Crippen molar-refractivity contribution in [2.75, 3.05) is 7.11 Å². The van der Waals surface area contributed by atoms with E-state index in [2.05, 4.69) is 10.5 Å². The highest BCUT2D eigenvalue weighted by Gasteiger charge is 2.12. The normalized spacial score (nSPS) is 11.4. The van der Waals surface area contributed by atoms with Crippen molar-refractivity contribution in [3.63, 3.8) is 0 Å². The molecule has 1 amide bonds. The molecule has 0 aromatic heterocycles. The number of aryl methyl sites for hydroxylation is 1. The maximum Gasteiger partial charge on any atom is 0.271 e. The maximum atomic E-state index is 12.3. The Balaban J connectivity index is 2.12. The van der Waals surface area contributed by atoms with E-state index in [1.807, 2.05) is 52.0 Å². The minimum atomic E-state index is -0.305. The summed E-state index contributed by atoms with van der Waals surface area (Å²) in [6, 6.07) is 13.0. The number of rotatable bonds is 6. The summed E-state index contributed by atoms with van der Waals surface area (Å²) in [7, 11) is 1.55. The third-order valence-corrected chi connectivity index (χ3v) is 3.58. The number of carbonyl (C=O) groups is 1. The molecule has 0 fully saturated rings. The van der Waals surface area contributed by atoms with Crippen LogP contribution in [-0.2, 0) is 0 Å². The van der Waals surface area contributed by atoms with Gasteiger partial charge in [-0.05, 0) is 51.5 Å². The molecule has 1 N–H and O–H groups in total. The summed E-state index contributed by atoms with van der Waals surface area (Å²) in [6.45, 7) is 7.74. The summed E-state index contributed by atoms with van der Waals surface area (Å²) in [5.41, 5.74) is 5.90. The number of methoxy groups -OCH3 is 1. The van der Waals surface area contributed by atoms with E-state index in [-0.39, 0.29) is 12.0 Å². The van der Waals surface area contributed by atoms with Gasteiger partial charge in [0, 0.05) is 5.56 Å². The molecule has 25 heavy (non-hydrogen) atoms. The van der Waals surface area contributed by atoms with Gasteiger partial charge in [-0.3, -0.25) is 4.79 Å². The van der Waals surface area contributed by atoms with Crippen LogP contribution in [0.15, 0.2) is 47.6 Å². The van der Waals surface area contributed by atoms with Crippen LogP contribution in [0.25, 0.3) is 0 Å². The lowest BCUT2D eigenvalue weighted by atomic mass is 10.1. The fourth-order valence-electron chi connectivity index (χ4n) is 2.22. The van der Waals surface area contributed by atoms with Crippen LogP contribution < -0.4 is 14.9 Å². The molecule has 5 nitrogen and oxygen atoms in total. The molecule has 132 valence electrons. The third kappa shape index (κ3) is 5.08. The number of hydrogen-bond donors (Lipinski definition) is 1. The lowest BCUT2D eigenvalue weighted by Gasteiger charge is -2.14. The van der Waals surface area contributed by atoms with E-state index >= 15 is 0 Å². The zero-order valence-corrected chi connectivity index (χ0v) is 15.3. The molecule has 2 rings (SSSR count). The fraction of sp³-hybridized carbons (Fsp3) is 0.300. The smallest absolute Gasteiger partial charge is 0.271 e. The second-order valence-electron chi connectivity index (χ2n) is 6.04. The number of benzene rings is 2. The van der Waals surface area contributed by atoms with Crippen molar-refractivity contribution < 1.29 is 14.3 Å². The first-order valence-electron chi connectivity index (χ1n) is 8.17. The van der Waals surface area contributed by atoms with Crippen LogP contribution in [0.4, 0.5) is 0 Å². The Bertz CT molecular complexity index is 765. The molecule has 0 unspecified atom stereocenters. The molecule has 2 aromatic rings. The number of carbonyl (C=O) groups excluding carboxylic acids is 1. The Labute approximate surface area is 148 Å². The van der Waals surface area contributed by atoms with Crippen molar-refractivity contribution in [3.05, 3.63) is 59.2 Å². The van der Waals surface area contributed by atoms with Gasteiger partial charge < -0.3 is 9.47 Å². The summed E-state index contributed by atoms with van der Waals surface area (Å²) < 4.78 is 11.0. The second-order valence-corrected chi connectivity index (χ2v) is 6.04. The molecule has 0 saturated heterocycles. The molecule has 2 aromatic carbocycles. The maximum absolute atomic E-state index is 12.3. The van der Waals surface area contributed by atoms with E-state index in [9.17, 15) is 4.79 Å². The SMILES string of the molecule is COc1cc(C(=O)N/N=C(/C)c2ccc(C)cc2)ccc1OC(C)C. The number of amides is 1. The largest absolute Gasteiger partial charge is 0.493 e. The summed E-state index contributed by atoms with van der Waals surface area (Å²) >= 11 is 0. The molecule has 0 aliphatic carbocycles. The second kappa shape index (κ2) is 8.33. The van der Waals surface area contributed by atoms with Gasteiger partial charge >= 0.3 is 0 Å². The average molecular weight is 340 g/mol. The number of nitrogens with zero attached hydrogens (tertiary/aromatic N) is 1. The van der Waals surface area contributed by atoms with Crippen LogP contribution in [0, 0.1) is 6.92 Å². The first kappa shape index (κ1) is 18.5. The van der Waals surface area contributed by atoms with Crippen molar-refractivity contribution in [1.82, 2.24) is 5.43 Å². The van der Waals surface area contributed by atoms with Gasteiger partial charge in [0.1, 0.15) is 0 Å². The number of ether oxygens (including phenoxy) is 2. The molecule has 0 atom stereocenters. The number of hydrogen-bond acceptors (Lipinski definition) is 4. The van der Waals surface area contributed by atoms with Crippen molar-refractivity contribution in [1.29, 1.82) is 0 Å². The molecular formula is C20H24N2O3. The molecule has 0 aliphatic heterocycles. The minimum absolute atomic E-state index is 0.0235. The first-order valence-corrected chi connectivity index (χ1v) is 8.17. The van der Waals surface area contributed by atoms with E-state index in [4.69, 9.17) is 9.47 Å². The van der Waals surface area contributed by atoms with Gasteiger partial charge in [-0.1, -0.05) is 29.8 Å². The lowest BCUT2D eigenvalue weighted by Crippen LogP contribution is -2.19. The highest BCUT2D eigenvalue weighted by molar-refractivity contribution is 6.01. The Morgan fingerprint density at radius 3 is 2.28 bits per heavy atom. The van der Waals surface area contributed by atoms with Crippen LogP contribution in [0.3, 0.4) is 0 Å². The van der Waals surface area contributed by atoms with E-state index < -0.39 is 0 Å². The van der Waals surface area contributed by atoms with Gasteiger partial charge in [-0.2, -0.15) is 5.10 Å². The fourth-order valence-corrected chi connectivity index (χ4v) is 2.22. The highest BCUT2D eigenvalue weighted by atomic mass is 16.5. The van der Waals surface area contributed by atoms with Gasteiger partial charge in [-0.15, -0.1) is 0 Å². The minimum Gasteiger partial charge on any atom is -0.493 e. The summed E-state index contributed by atoms with van der Waals surface area (Å²) in [6.07, 6.45) is 0.0235. The predicted molar refractivity (Wildman–Crippen MR) is 99.6 cm³/mol. The summed E-state index contributed by atoms with van der Waals surface area (Å²) in [5.74, 6) is 0.815. The Morgan fingerprint density at radius 1 is 1.04 bits per heavy atom. The summed E-state index contributed by atoms with van der Waals surface area (Å²) in [5, 5.41) is 4.17. The standard InChI is InChI=1S/C20H24N2O3/c1-13(2)25-18-11-10-17(12-19(18)24-5)20(23)22-21-15(4)16-8-6-14(3)7-9-16/h6-13H,1-5H3,(H,22,23)/b21-15-. The molecule has 0 radical (unpaired) electrons. The molecule has 0 aliphatic rings. The molecule has 0 bridgehead atoms. The molecular weight excluding hydrogens is 316 g/mol. The predicted octanol–water partition coefficient (Wildman–Crippen LogP) is 3.94. The molecule has 5 heteroatoms. The van der Waals surface area contributed by atoms with Crippen LogP contribution >= 0.6 is 0 Å². The topological polar surface area (TPSA) is 59.9 Å². The van der Waals surface area contributed by atoms with Crippen molar-refractivity contribution >= 4 is 11.6 Å². The number of nitrogens with one attached hydrogen (secondary N) is 1. The zero-order valence-electron chi connectivity index (χ0n) is 15.3. The Hall–Kier alpha value is -2.82. The highest BCUT2D eigenvalue weighted by Crippen LogP contribution is 2.28. The van der Waals surface area contributed by atoms with Gasteiger partial charge in [-0.25, -0.2) is 5.43 Å². The average Bonchev–Trinajstić information content (AvgIpc) is 2.59. The van der Waals surface area contributed by atoms with E-state index in [1.54, 1.807) is 25.3 Å². The van der Waals surface area contributed by atoms with Gasteiger partial charge in [0.2, 0.25) is 0 Å². The number of hydrazone groups is 1. The van der Waals surface area contributed by atoms with Crippen molar-refractivity contribution in [2.24, 2.45) is 5.10 Å². The Morgan fingerprint density at radius 2 is 1.68 bits per heavy atom. The summed E-state index contributed by atoms with van der Waals surface area (Å²) in [4.78, 5) is 12.3. The first-order chi connectivity index (χ1) is 11.9. The van der Waals surface area contributed by atoms with Crippen LogP contribution in [-0.4, -0.2) is 24.8 Å². The van der Waals surface area contributed by atoms with E-state index in [1.165, 1.54) is 5.56 Å². The van der Waals surface area contributed by atoms with E-state index in [0.717, 1.165) is 11.3 Å². The van der Waals surface area contributed by atoms with Crippen LogP contribution in [0.2, 0.25) is 0 Å². The van der Waals surface area contributed by atoms with E-state index in [0.29, 0.717) is 17.1 Å². The van der Waals surface area contributed by atoms with Crippen LogP contribution in [0.5, 0.6) is 11.5 Å². The lowest BCUT2D eigenvalue weighted by molar-refractivity contribution is 0.0954. The molecule has 0 saturated carbocycles. The monoisotopic (exact) mass is 340 g/mol. The zero-order chi connectivity index (χ0) is 18.4. The van der Waals surface area contributed by atoms with Gasteiger partial charge in [0.15, 0.2) is 11.5 Å². The third-order valence-electron chi connectivity index (χ3n) is 3.58. The van der Waals surface area contributed by atoms with Crippen LogP contribution in [0.1, 0.15) is 42.3 Å². The molecule has 0 heterocycles. The Kier molecular flexibility index (Phi) is 6.17. The van der Waals surface area contributed by atoms with Crippen molar-refractivity contribution in [3.8, 4) is 11.5 Å². The van der Waals surface area contributed by atoms with Gasteiger partial charge in [0.05, 0.1) is 18.9 Å². The quantitative estimate of drug-likeness (QED) is 0.640. The van der Waals surface area contributed by atoms with Gasteiger partial charge in [0.25, 0.3) is 5.91 Å². The van der Waals surface area contributed by atoms with Crippen molar-refractivity contribution in [2.45, 2.75) is 33.8 Å².